The van der Waals surface area contributed by atoms with Crippen molar-refractivity contribution >= 4 is 89.5 Å². The molecule has 9 aromatic carbocycles. The van der Waals surface area contributed by atoms with Gasteiger partial charge < -0.3 is 9.80 Å². The molecule has 0 N–H and O–H groups in total. The summed E-state index contributed by atoms with van der Waals surface area (Å²) in [6.45, 7) is 6.87. The zero-order valence-electron chi connectivity index (χ0n) is 30.8. The van der Waals surface area contributed by atoms with Gasteiger partial charge in [0.2, 0.25) is 6.71 Å². The van der Waals surface area contributed by atoms with Crippen LogP contribution < -0.4 is 26.2 Å². The number of hydrogen-bond acceptors (Lipinski definition) is 2. The molecule has 0 bridgehead atoms. The van der Waals surface area contributed by atoms with Crippen molar-refractivity contribution in [2.24, 2.45) is 0 Å². The third-order valence-corrected chi connectivity index (χ3v) is 11.3. The van der Waals surface area contributed by atoms with E-state index in [4.69, 9.17) is 0 Å². The lowest BCUT2D eigenvalue weighted by molar-refractivity contribution is 1.29. The topological polar surface area (TPSA) is 6.48 Å². The lowest BCUT2D eigenvalue weighted by Gasteiger charge is -2.27. The van der Waals surface area contributed by atoms with Crippen LogP contribution in [0.1, 0.15) is 16.7 Å². The summed E-state index contributed by atoms with van der Waals surface area (Å²) in [6.07, 6.45) is 0. The molecule has 3 heteroatoms. The number of hydrogen-bond donors (Lipinski definition) is 0. The first-order valence-electron chi connectivity index (χ1n) is 18.9. The smallest absolute Gasteiger partial charge is 0.243 e. The van der Waals surface area contributed by atoms with Crippen LogP contribution in [0.5, 0.6) is 0 Å². The second-order valence-electron chi connectivity index (χ2n) is 14.7. The number of benzene rings is 9. The van der Waals surface area contributed by atoms with Crippen molar-refractivity contribution in [3.8, 4) is 0 Å². The molecule has 1 aliphatic heterocycles. The highest BCUT2D eigenvalue weighted by Crippen LogP contribution is 2.44. The highest BCUT2D eigenvalue weighted by molar-refractivity contribution is 7.01. The summed E-state index contributed by atoms with van der Waals surface area (Å²) in [5.41, 5.74) is 15.0. The molecule has 1 heterocycles. The Hall–Kier alpha value is -6.58. The van der Waals surface area contributed by atoms with E-state index < -0.39 is 0 Å². The Balaban J connectivity index is 1.34. The van der Waals surface area contributed by atoms with Gasteiger partial charge in [-0.25, -0.2) is 0 Å². The molecular weight excluding hydrogens is 651 g/mol. The Morgan fingerprint density at radius 1 is 0.333 bits per heavy atom. The van der Waals surface area contributed by atoms with Crippen LogP contribution in [0.25, 0.3) is 32.3 Å². The molecule has 1 aliphatic rings. The van der Waals surface area contributed by atoms with Crippen molar-refractivity contribution in [1.29, 1.82) is 0 Å². The summed E-state index contributed by atoms with van der Waals surface area (Å²) in [6, 6.07) is 66.8. The van der Waals surface area contributed by atoms with Gasteiger partial charge in [0.25, 0.3) is 0 Å². The molecule has 256 valence electrons. The average molecular weight is 691 g/mol. The summed E-state index contributed by atoms with van der Waals surface area (Å²) in [5, 5.41) is 7.87. The van der Waals surface area contributed by atoms with Crippen molar-refractivity contribution in [2.45, 2.75) is 20.8 Å². The van der Waals surface area contributed by atoms with Crippen molar-refractivity contribution < 1.29 is 0 Å². The number of fused-ring (bicyclic) bond motifs is 3. The lowest BCUT2D eigenvalue weighted by atomic mass is 9.37. The van der Waals surface area contributed by atoms with E-state index in [1.54, 1.807) is 0 Å². The Morgan fingerprint density at radius 3 is 1.02 bits per heavy atom. The predicted octanol–water partition coefficient (Wildman–Crippen LogP) is 11.8. The second-order valence-corrected chi connectivity index (χ2v) is 14.7. The minimum atomic E-state index is 0.0455. The van der Waals surface area contributed by atoms with Gasteiger partial charge in [0.15, 0.2) is 0 Å². The van der Waals surface area contributed by atoms with Gasteiger partial charge in [0, 0.05) is 34.1 Å². The van der Waals surface area contributed by atoms with Gasteiger partial charge in [-0.1, -0.05) is 142 Å². The van der Waals surface area contributed by atoms with Crippen molar-refractivity contribution in [2.75, 3.05) is 9.80 Å². The summed E-state index contributed by atoms with van der Waals surface area (Å²) < 4.78 is 0. The Kier molecular flexibility index (Phi) is 7.62. The molecule has 0 spiro atoms. The zero-order chi connectivity index (χ0) is 36.3. The summed E-state index contributed by atoms with van der Waals surface area (Å²) >= 11 is 0. The van der Waals surface area contributed by atoms with E-state index in [2.05, 4.69) is 213 Å². The molecule has 54 heavy (non-hydrogen) atoms. The van der Waals surface area contributed by atoms with E-state index in [-0.39, 0.29) is 6.71 Å². The van der Waals surface area contributed by atoms with E-state index in [1.165, 1.54) is 65.4 Å². The fourth-order valence-corrected chi connectivity index (χ4v) is 9.27. The van der Waals surface area contributed by atoms with Crippen molar-refractivity contribution in [1.82, 2.24) is 0 Å². The van der Waals surface area contributed by atoms with E-state index in [0.717, 1.165) is 34.1 Å². The van der Waals surface area contributed by atoms with Gasteiger partial charge in [-0.3, -0.25) is 0 Å². The molecule has 2 nitrogen and oxygen atoms in total. The summed E-state index contributed by atoms with van der Waals surface area (Å²) in [5.74, 6) is 0. The van der Waals surface area contributed by atoms with Crippen LogP contribution in [0.4, 0.5) is 34.1 Å². The first-order chi connectivity index (χ1) is 26.5. The number of para-hydroxylation sites is 4. The monoisotopic (exact) mass is 690 g/mol. The molecule has 0 amide bonds. The largest absolute Gasteiger partial charge is 0.311 e. The second kappa shape index (κ2) is 12.8. The first-order valence-corrected chi connectivity index (χ1v) is 18.9. The van der Waals surface area contributed by atoms with E-state index in [0.29, 0.717) is 0 Å². The third-order valence-electron chi connectivity index (χ3n) is 11.3. The Labute approximate surface area is 317 Å². The average Bonchev–Trinajstić information content (AvgIpc) is 3.52. The minimum Gasteiger partial charge on any atom is -0.311 e. The molecule has 0 aliphatic carbocycles. The number of aryl methyl sites for hydroxylation is 3. The molecule has 10 rings (SSSR count). The van der Waals surface area contributed by atoms with Crippen LogP contribution in [0.15, 0.2) is 182 Å². The first kappa shape index (κ1) is 32.1. The van der Waals surface area contributed by atoms with Gasteiger partial charge in [-0.15, -0.1) is 0 Å². The van der Waals surface area contributed by atoms with E-state index in [9.17, 15) is 0 Å². The van der Waals surface area contributed by atoms with Gasteiger partial charge >= 0.3 is 0 Å². The fraction of sp³-hybridized carbons (Fsp3) is 0.0588. The summed E-state index contributed by atoms with van der Waals surface area (Å²) in [7, 11) is 0. The normalized spacial score (nSPS) is 11.9. The minimum absolute atomic E-state index is 0.0455. The maximum Gasteiger partial charge on any atom is 0.243 e. The van der Waals surface area contributed by atoms with E-state index in [1.807, 2.05) is 0 Å². The Morgan fingerprint density at radius 2 is 0.667 bits per heavy atom. The maximum atomic E-state index is 2.49. The zero-order valence-corrected chi connectivity index (χ0v) is 30.8. The highest BCUT2D eigenvalue weighted by atomic mass is 15.1. The number of rotatable bonds is 7. The van der Waals surface area contributed by atoms with Gasteiger partial charge in [-0.2, -0.15) is 0 Å². The van der Waals surface area contributed by atoms with Crippen LogP contribution in [-0.4, -0.2) is 6.71 Å². The molecule has 0 aromatic heterocycles. The molecule has 9 aromatic rings. The van der Waals surface area contributed by atoms with Crippen LogP contribution in [0.2, 0.25) is 0 Å². The van der Waals surface area contributed by atoms with Gasteiger partial charge in [0.1, 0.15) is 0 Å². The highest BCUT2D eigenvalue weighted by Gasteiger charge is 2.37. The standard InChI is InChI=1S/C51H39BN2/c1-34-28-35(2)51(36(3)29-34)52-47-32-41(53(37-18-8-4-9-19-37)38-20-10-5-11-21-38)30-45-43-26-16-17-27-44(43)46-31-42(33-48(52)50(46)49(45)47)54(39-22-12-6-13-23-39)40-24-14-7-15-25-40/h4-33H,1-3H3. The Bertz CT molecular complexity index is 2580. The van der Waals surface area contributed by atoms with Crippen LogP contribution >= 0.6 is 0 Å². The number of anilines is 6. The molecule has 0 atom stereocenters. The molecule has 0 fully saturated rings. The predicted molar refractivity (Wildman–Crippen MR) is 234 cm³/mol. The van der Waals surface area contributed by atoms with E-state index >= 15 is 0 Å². The third kappa shape index (κ3) is 5.11. The molecular formula is C51H39BN2. The molecule has 0 unspecified atom stereocenters. The molecule has 0 saturated heterocycles. The van der Waals surface area contributed by atoms with Gasteiger partial charge in [-0.05, 0) is 126 Å². The summed E-state index contributed by atoms with van der Waals surface area (Å²) in [4.78, 5) is 4.84. The molecule has 0 radical (unpaired) electrons. The molecule has 0 saturated carbocycles. The maximum absolute atomic E-state index is 2.49. The van der Waals surface area contributed by atoms with Crippen LogP contribution in [-0.2, 0) is 0 Å². The lowest BCUT2D eigenvalue weighted by Crippen LogP contribution is -2.51. The number of nitrogens with zero attached hydrogens (tertiary/aromatic N) is 2. The SMILES string of the molecule is Cc1cc(C)c(B2c3cc(N(c4ccccc4)c4ccccc4)cc4c5ccccc5c5cc(N(c6ccccc6)c6ccccc6)cc2c5c34)c(C)c1. The van der Waals surface area contributed by atoms with Crippen LogP contribution in [0, 0.1) is 20.8 Å². The quantitative estimate of drug-likeness (QED) is 0.121. The van der Waals surface area contributed by atoms with Crippen molar-refractivity contribution in [3.63, 3.8) is 0 Å². The van der Waals surface area contributed by atoms with Crippen LogP contribution in [0.3, 0.4) is 0 Å². The fourth-order valence-electron chi connectivity index (χ4n) is 9.27. The van der Waals surface area contributed by atoms with Crippen molar-refractivity contribution in [3.05, 3.63) is 199 Å². The van der Waals surface area contributed by atoms with Gasteiger partial charge in [0.05, 0.1) is 0 Å².